The summed E-state index contributed by atoms with van der Waals surface area (Å²) in [7, 11) is 0. The third kappa shape index (κ3) is 2.18. The normalized spacial score (nSPS) is 9.60. The maximum Gasteiger partial charge on any atom is 0.169 e. The van der Waals surface area contributed by atoms with Gasteiger partial charge in [0, 0.05) is 5.92 Å². The molecule has 2 heteroatoms. The van der Waals surface area contributed by atoms with Crippen LogP contribution in [0, 0.1) is 0 Å². The first-order chi connectivity index (χ1) is 4.20. The van der Waals surface area contributed by atoms with Crippen LogP contribution in [0.1, 0.15) is 33.0 Å². The molecule has 10 heavy (non-hydrogen) atoms. The Bertz CT molecular complexity index is 191. The lowest BCUT2D eigenvalue weighted by molar-refractivity contribution is 0.467. The van der Waals surface area contributed by atoms with Gasteiger partial charge in [-0.3, -0.25) is 0 Å². The summed E-state index contributed by atoms with van der Waals surface area (Å²) >= 11 is 3.23. The van der Waals surface area contributed by atoms with Crippen molar-refractivity contribution >= 4 is 15.9 Å². The zero-order valence-electron chi connectivity index (χ0n) is 5.52. The van der Waals surface area contributed by atoms with Gasteiger partial charge in [0.25, 0.3) is 0 Å². The van der Waals surface area contributed by atoms with Crippen molar-refractivity contribution in [2.45, 2.75) is 27.2 Å². The molecule has 1 nitrogen and oxygen atoms in total. The van der Waals surface area contributed by atoms with Crippen molar-refractivity contribution in [3.05, 3.63) is 22.6 Å². The molecule has 0 aliphatic rings. The number of rotatable bonds is 1. The van der Waals surface area contributed by atoms with Gasteiger partial charge in [0.1, 0.15) is 5.76 Å². The van der Waals surface area contributed by atoms with E-state index in [-0.39, 0.29) is 7.43 Å². The second-order valence-electron chi connectivity index (χ2n) is 2.30. The van der Waals surface area contributed by atoms with Crippen LogP contribution in [0.25, 0.3) is 0 Å². The second-order valence-corrected chi connectivity index (χ2v) is 3.08. The molecule has 0 saturated heterocycles. The molecule has 0 unspecified atom stereocenters. The fourth-order valence-electron chi connectivity index (χ4n) is 0.639. The van der Waals surface area contributed by atoms with Gasteiger partial charge in [-0.1, -0.05) is 21.3 Å². The van der Waals surface area contributed by atoms with Crippen LogP contribution in [-0.2, 0) is 0 Å². The van der Waals surface area contributed by atoms with Crippen molar-refractivity contribution in [1.82, 2.24) is 0 Å². The van der Waals surface area contributed by atoms with E-state index >= 15 is 0 Å². The van der Waals surface area contributed by atoms with Crippen LogP contribution < -0.4 is 0 Å². The fourth-order valence-corrected chi connectivity index (χ4v) is 0.958. The third-order valence-electron chi connectivity index (χ3n) is 1.16. The summed E-state index contributed by atoms with van der Waals surface area (Å²) in [6.07, 6.45) is 0. The van der Waals surface area contributed by atoms with E-state index in [1.54, 1.807) is 0 Å². The summed E-state index contributed by atoms with van der Waals surface area (Å²) in [5.41, 5.74) is 0. The van der Waals surface area contributed by atoms with Crippen LogP contribution >= 0.6 is 15.9 Å². The molecule has 0 bridgehead atoms. The molecule has 0 N–H and O–H groups in total. The maximum absolute atomic E-state index is 5.26. The smallest absolute Gasteiger partial charge is 0.169 e. The average Bonchev–Trinajstić information content (AvgIpc) is 2.14. The summed E-state index contributed by atoms with van der Waals surface area (Å²) < 4.78 is 6.07. The van der Waals surface area contributed by atoms with Crippen molar-refractivity contribution in [3.63, 3.8) is 0 Å². The molecule has 0 saturated carbocycles. The molecule has 0 fully saturated rings. The molecule has 0 aliphatic carbocycles. The maximum atomic E-state index is 5.26. The van der Waals surface area contributed by atoms with Gasteiger partial charge in [0.15, 0.2) is 4.67 Å². The molecule has 0 spiro atoms. The minimum atomic E-state index is 0. The molecule has 0 atom stereocenters. The van der Waals surface area contributed by atoms with E-state index in [0.29, 0.717) is 5.92 Å². The first-order valence-corrected chi connectivity index (χ1v) is 3.74. The largest absolute Gasteiger partial charge is 0.454 e. The van der Waals surface area contributed by atoms with E-state index in [4.69, 9.17) is 4.42 Å². The zero-order chi connectivity index (χ0) is 6.85. The highest BCUT2D eigenvalue weighted by Gasteiger charge is 2.02. The fraction of sp³-hybridized carbons (Fsp3) is 0.500. The van der Waals surface area contributed by atoms with Crippen LogP contribution in [0.5, 0.6) is 0 Å². The van der Waals surface area contributed by atoms with E-state index in [1.807, 2.05) is 12.1 Å². The highest BCUT2D eigenvalue weighted by molar-refractivity contribution is 9.10. The van der Waals surface area contributed by atoms with E-state index in [1.165, 1.54) is 0 Å². The Morgan fingerprint density at radius 3 is 2.20 bits per heavy atom. The zero-order valence-corrected chi connectivity index (χ0v) is 7.10. The number of halogens is 1. The standard InChI is InChI=1S/C7H9BrO.CH4/c1-5(2)6-3-4-7(8)9-6;/h3-5H,1-2H3;1H4. The molecule has 0 amide bonds. The lowest BCUT2D eigenvalue weighted by atomic mass is 10.2. The molecule has 58 valence electrons. The molecule has 1 aromatic rings. The van der Waals surface area contributed by atoms with E-state index in [0.717, 1.165) is 10.4 Å². The van der Waals surface area contributed by atoms with Gasteiger partial charge in [-0.15, -0.1) is 0 Å². The molecule has 0 aromatic carbocycles. The van der Waals surface area contributed by atoms with Gasteiger partial charge < -0.3 is 4.42 Å². The molecule has 0 aliphatic heterocycles. The predicted molar refractivity (Wildman–Crippen MR) is 47.2 cm³/mol. The Morgan fingerprint density at radius 1 is 1.40 bits per heavy atom. The summed E-state index contributed by atoms with van der Waals surface area (Å²) in [6.45, 7) is 4.20. The van der Waals surface area contributed by atoms with Crippen molar-refractivity contribution in [2.75, 3.05) is 0 Å². The van der Waals surface area contributed by atoms with Crippen LogP contribution in [0.4, 0.5) is 0 Å². The minimum Gasteiger partial charge on any atom is -0.454 e. The molecule has 0 radical (unpaired) electrons. The van der Waals surface area contributed by atoms with Crippen molar-refractivity contribution < 1.29 is 4.42 Å². The van der Waals surface area contributed by atoms with Gasteiger partial charge in [0.05, 0.1) is 0 Å². The van der Waals surface area contributed by atoms with E-state index in [9.17, 15) is 0 Å². The van der Waals surface area contributed by atoms with Gasteiger partial charge >= 0.3 is 0 Å². The lowest BCUT2D eigenvalue weighted by Crippen LogP contribution is -1.79. The van der Waals surface area contributed by atoms with E-state index in [2.05, 4.69) is 29.8 Å². The van der Waals surface area contributed by atoms with Crippen molar-refractivity contribution in [2.24, 2.45) is 0 Å². The monoisotopic (exact) mass is 204 g/mol. The highest BCUT2D eigenvalue weighted by atomic mass is 79.9. The van der Waals surface area contributed by atoms with Gasteiger partial charge in [-0.2, -0.15) is 0 Å². The summed E-state index contributed by atoms with van der Waals surface area (Å²) in [4.78, 5) is 0. The number of hydrogen-bond donors (Lipinski definition) is 0. The molecule has 1 aromatic heterocycles. The second kappa shape index (κ2) is 3.81. The van der Waals surface area contributed by atoms with Crippen LogP contribution in [0.3, 0.4) is 0 Å². The Hall–Kier alpha value is -0.240. The predicted octanol–water partition coefficient (Wildman–Crippen LogP) is 3.80. The first-order valence-electron chi connectivity index (χ1n) is 2.95. The molecule has 1 rings (SSSR count). The van der Waals surface area contributed by atoms with Crippen LogP contribution in [-0.4, -0.2) is 0 Å². The topological polar surface area (TPSA) is 13.1 Å². The Kier molecular flexibility index (Phi) is 3.72. The Balaban J connectivity index is 0.000000810. The summed E-state index contributed by atoms with van der Waals surface area (Å²) in [5.74, 6) is 1.51. The minimum absolute atomic E-state index is 0. The van der Waals surface area contributed by atoms with Gasteiger partial charge in [0.2, 0.25) is 0 Å². The number of furan rings is 1. The third-order valence-corrected chi connectivity index (χ3v) is 1.59. The van der Waals surface area contributed by atoms with E-state index < -0.39 is 0 Å². The highest BCUT2D eigenvalue weighted by Crippen LogP contribution is 2.20. The van der Waals surface area contributed by atoms with Gasteiger partial charge in [-0.25, -0.2) is 0 Å². The van der Waals surface area contributed by atoms with Crippen LogP contribution in [0.2, 0.25) is 0 Å². The average molecular weight is 205 g/mol. The Morgan fingerprint density at radius 2 is 2.00 bits per heavy atom. The quantitative estimate of drug-likeness (QED) is 0.679. The Labute approximate surface area is 70.6 Å². The van der Waals surface area contributed by atoms with Crippen molar-refractivity contribution in [1.29, 1.82) is 0 Å². The van der Waals surface area contributed by atoms with Crippen LogP contribution in [0.15, 0.2) is 21.2 Å². The molecular weight excluding hydrogens is 192 g/mol. The first kappa shape index (κ1) is 9.76. The SMILES string of the molecule is C.CC(C)c1ccc(Br)o1. The molecular formula is C8H13BrO. The summed E-state index contributed by atoms with van der Waals surface area (Å²) in [6, 6.07) is 3.89. The number of hydrogen-bond acceptors (Lipinski definition) is 1. The van der Waals surface area contributed by atoms with Gasteiger partial charge in [-0.05, 0) is 28.1 Å². The summed E-state index contributed by atoms with van der Waals surface area (Å²) in [5, 5.41) is 0. The molecule has 1 heterocycles. The van der Waals surface area contributed by atoms with Crippen molar-refractivity contribution in [3.8, 4) is 0 Å². The lowest BCUT2D eigenvalue weighted by Gasteiger charge is -1.95.